The lowest BCUT2D eigenvalue weighted by atomic mass is 10.1. The van der Waals surface area contributed by atoms with Crippen LogP contribution in [-0.2, 0) is 11.3 Å². The minimum atomic E-state index is -0.169. The van der Waals surface area contributed by atoms with Crippen LogP contribution in [0.4, 0.5) is 5.69 Å². The Morgan fingerprint density at radius 1 is 1.38 bits per heavy atom. The Kier molecular flexibility index (Phi) is 5.52. The van der Waals surface area contributed by atoms with Gasteiger partial charge >= 0.3 is 0 Å². The number of hydrogen-bond acceptors (Lipinski definition) is 4. The minimum absolute atomic E-state index is 0.0820. The second-order valence-corrected chi connectivity index (χ2v) is 5.46. The fourth-order valence-corrected chi connectivity index (χ4v) is 2.38. The summed E-state index contributed by atoms with van der Waals surface area (Å²) in [6, 6.07) is 10.1. The molecule has 5 nitrogen and oxygen atoms in total. The van der Waals surface area contributed by atoms with Crippen LogP contribution in [0.3, 0.4) is 0 Å². The number of ether oxygens (including phenoxy) is 1. The third-order valence-electron chi connectivity index (χ3n) is 3.16. The first-order chi connectivity index (χ1) is 10.1. The van der Waals surface area contributed by atoms with Crippen molar-refractivity contribution < 1.29 is 4.74 Å². The third-order valence-corrected chi connectivity index (χ3v) is 3.93. The van der Waals surface area contributed by atoms with Gasteiger partial charge in [-0.1, -0.05) is 30.3 Å². The number of nitrogens with one attached hydrogen (secondary N) is 1. The summed E-state index contributed by atoms with van der Waals surface area (Å²) in [5.41, 5.74) is 1.66. The first kappa shape index (κ1) is 15.7. The van der Waals surface area contributed by atoms with E-state index >= 15 is 0 Å². The molecule has 2 rings (SSSR count). The first-order valence-electron chi connectivity index (χ1n) is 6.69. The largest absolute Gasteiger partial charge is 0.383 e. The van der Waals surface area contributed by atoms with E-state index in [-0.39, 0.29) is 11.6 Å². The van der Waals surface area contributed by atoms with Crippen molar-refractivity contribution in [3.8, 4) is 0 Å². The molecule has 1 N–H and O–H groups in total. The molecule has 21 heavy (non-hydrogen) atoms. The average Bonchev–Trinajstić information content (AvgIpc) is 2.52. The van der Waals surface area contributed by atoms with Crippen LogP contribution < -0.4 is 10.9 Å². The third kappa shape index (κ3) is 3.92. The summed E-state index contributed by atoms with van der Waals surface area (Å²) in [4.78, 5) is 12.2. The lowest BCUT2D eigenvalue weighted by molar-refractivity contribution is 0.181. The van der Waals surface area contributed by atoms with Crippen LogP contribution in [0.2, 0.25) is 0 Å². The topological polar surface area (TPSA) is 56.1 Å². The normalized spacial score (nSPS) is 12.1. The molecule has 2 aromatic rings. The van der Waals surface area contributed by atoms with Gasteiger partial charge < -0.3 is 10.1 Å². The first-order valence-corrected chi connectivity index (χ1v) is 7.49. The van der Waals surface area contributed by atoms with Crippen molar-refractivity contribution in [2.45, 2.75) is 19.5 Å². The van der Waals surface area contributed by atoms with E-state index in [4.69, 9.17) is 4.74 Å². The Balaban J connectivity index is 2.18. The molecule has 0 spiro atoms. The summed E-state index contributed by atoms with van der Waals surface area (Å²) < 4.78 is 6.83. The highest BCUT2D eigenvalue weighted by Crippen LogP contribution is 2.22. The molecule has 1 atom stereocenters. The molecule has 0 fully saturated rings. The maximum absolute atomic E-state index is 12.2. The number of benzene rings is 1. The molecule has 0 bridgehead atoms. The molecule has 112 valence electrons. The minimum Gasteiger partial charge on any atom is -0.383 e. The molecule has 0 aliphatic rings. The molecule has 0 aliphatic carbocycles. The van der Waals surface area contributed by atoms with Crippen molar-refractivity contribution in [2.75, 3.05) is 19.0 Å². The van der Waals surface area contributed by atoms with Gasteiger partial charge in [0, 0.05) is 13.2 Å². The highest BCUT2D eigenvalue weighted by Gasteiger charge is 2.12. The van der Waals surface area contributed by atoms with Crippen molar-refractivity contribution >= 4 is 21.6 Å². The summed E-state index contributed by atoms with van der Waals surface area (Å²) in [6.07, 6.45) is 1.65. The summed E-state index contributed by atoms with van der Waals surface area (Å²) in [5, 5.41) is 7.45. The average molecular weight is 352 g/mol. The lowest BCUT2D eigenvalue weighted by Crippen LogP contribution is -2.26. The zero-order valence-electron chi connectivity index (χ0n) is 12.0. The maximum atomic E-state index is 12.2. The SMILES string of the molecule is COCCn1ncc(NC(C)c2ccccc2)c(Br)c1=O. The Morgan fingerprint density at radius 3 is 2.76 bits per heavy atom. The van der Waals surface area contributed by atoms with Crippen molar-refractivity contribution in [1.82, 2.24) is 9.78 Å². The van der Waals surface area contributed by atoms with Crippen molar-refractivity contribution in [1.29, 1.82) is 0 Å². The molecule has 1 unspecified atom stereocenters. The van der Waals surface area contributed by atoms with E-state index in [1.807, 2.05) is 37.3 Å². The van der Waals surface area contributed by atoms with Gasteiger partial charge in [-0.3, -0.25) is 4.79 Å². The van der Waals surface area contributed by atoms with Gasteiger partial charge in [0.25, 0.3) is 5.56 Å². The molecule has 1 aromatic heterocycles. The van der Waals surface area contributed by atoms with E-state index in [1.54, 1.807) is 13.3 Å². The summed E-state index contributed by atoms with van der Waals surface area (Å²) in [6.45, 7) is 2.92. The number of halogens is 1. The second-order valence-electron chi connectivity index (χ2n) is 4.67. The smallest absolute Gasteiger partial charge is 0.283 e. The summed E-state index contributed by atoms with van der Waals surface area (Å²) >= 11 is 3.35. The molecule has 1 aromatic carbocycles. The van der Waals surface area contributed by atoms with Gasteiger partial charge in [0.2, 0.25) is 0 Å². The van der Waals surface area contributed by atoms with Crippen LogP contribution in [0.25, 0.3) is 0 Å². The number of aromatic nitrogens is 2. The second kappa shape index (κ2) is 7.38. The molecule has 6 heteroatoms. The predicted molar refractivity (Wildman–Crippen MR) is 86.6 cm³/mol. The summed E-state index contributed by atoms with van der Waals surface area (Å²) in [5.74, 6) is 0. The van der Waals surface area contributed by atoms with E-state index in [2.05, 4.69) is 26.3 Å². The van der Waals surface area contributed by atoms with Gasteiger partial charge in [-0.05, 0) is 28.4 Å². The van der Waals surface area contributed by atoms with E-state index in [0.29, 0.717) is 23.3 Å². The Bertz CT molecular complexity index is 643. The van der Waals surface area contributed by atoms with Gasteiger partial charge in [-0.25, -0.2) is 4.68 Å². The maximum Gasteiger partial charge on any atom is 0.283 e. The highest BCUT2D eigenvalue weighted by molar-refractivity contribution is 9.10. The van der Waals surface area contributed by atoms with Crippen LogP contribution in [0.15, 0.2) is 45.8 Å². The van der Waals surface area contributed by atoms with Gasteiger partial charge in [0.05, 0.1) is 25.0 Å². The molecule has 1 heterocycles. The Labute approximate surface area is 132 Å². The zero-order chi connectivity index (χ0) is 15.2. The Morgan fingerprint density at radius 2 is 2.10 bits per heavy atom. The quantitative estimate of drug-likeness (QED) is 0.869. The van der Waals surface area contributed by atoms with Gasteiger partial charge in [0.15, 0.2) is 0 Å². The molecule has 0 aliphatic heterocycles. The molecular formula is C15H18BrN3O2. The van der Waals surface area contributed by atoms with E-state index in [0.717, 1.165) is 5.56 Å². The van der Waals surface area contributed by atoms with Crippen LogP contribution in [0, 0.1) is 0 Å². The lowest BCUT2D eigenvalue weighted by Gasteiger charge is -2.17. The number of rotatable bonds is 6. The van der Waals surface area contributed by atoms with E-state index < -0.39 is 0 Å². The van der Waals surface area contributed by atoms with Gasteiger partial charge in [-0.15, -0.1) is 0 Å². The highest BCUT2D eigenvalue weighted by atomic mass is 79.9. The van der Waals surface area contributed by atoms with E-state index in [1.165, 1.54) is 4.68 Å². The fourth-order valence-electron chi connectivity index (χ4n) is 1.96. The van der Waals surface area contributed by atoms with Crippen molar-refractivity contribution in [2.24, 2.45) is 0 Å². The van der Waals surface area contributed by atoms with Crippen LogP contribution in [0.1, 0.15) is 18.5 Å². The Hall–Kier alpha value is -1.66. The molecular weight excluding hydrogens is 334 g/mol. The number of nitrogens with zero attached hydrogens (tertiary/aromatic N) is 2. The van der Waals surface area contributed by atoms with Gasteiger partial charge in [-0.2, -0.15) is 5.10 Å². The number of methoxy groups -OCH3 is 1. The molecule has 0 saturated heterocycles. The van der Waals surface area contributed by atoms with Crippen LogP contribution in [0.5, 0.6) is 0 Å². The standard InChI is InChI=1S/C15H18BrN3O2/c1-11(12-6-4-3-5-7-12)18-13-10-17-19(8-9-21-2)15(20)14(13)16/h3-7,10-11,18H,8-9H2,1-2H3. The van der Waals surface area contributed by atoms with Crippen molar-refractivity contribution in [3.63, 3.8) is 0 Å². The molecule has 0 saturated carbocycles. The van der Waals surface area contributed by atoms with Crippen LogP contribution >= 0.6 is 15.9 Å². The zero-order valence-corrected chi connectivity index (χ0v) is 13.6. The molecule has 0 amide bonds. The summed E-state index contributed by atoms with van der Waals surface area (Å²) in [7, 11) is 1.59. The van der Waals surface area contributed by atoms with Crippen LogP contribution in [-0.4, -0.2) is 23.5 Å². The number of hydrogen-bond donors (Lipinski definition) is 1. The predicted octanol–water partition coefficient (Wildman–Crippen LogP) is 2.83. The monoisotopic (exact) mass is 351 g/mol. The van der Waals surface area contributed by atoms with Gasteiger partial charge in [0.1, 0.15) is 4.47 Å². The molecule has 0 radical (unpaired) electrons. The fraction of sp³-hybridized carbons (Fsp3) is 0.333. The van der Waals surface area contributed by atoms with Crippen molar-refractivity contribution in [3.05, 3.63) is 56.9 Å². The number of anilines is 1. The van der Waals surface area contributed by atoms with E-state index in [9.17, 15) is 4.79 Å².